The van der Waals surface area contributed by atoms with Gasteiger partial charge in [-0.2, -0.15) is 0 Å². The Bertz CT molecular complexity index is 608. The average Bonchev–Trinajstić information content (AvgIpc) is 3.22. The Kier molecular flexibility index (Phi) is 5.31. The van der Waals surface area contributed by atoms with Crippen molar-refractivity contribution in [1.82, 2.24) is 5.32 Å². The molecule has 2 amide bonds. The maximum absolute atomic E-state index is 12.3. The third-order valence-electron chi connectivity index (χ3n) is 4.43. The fourth-order valence-electron chi connectivity index (χ4n) is 3.39. The van der Waals surface area contributed by atoms with Gasteiger partial charge in [-0.05, 0) is 30.5 Å². The fraction of sp³-hybridized carbons (Fsp3) is 0.389. The summed E-state index contributed by atoms with van der Waals surface area (Å²) in [5.41, 5.74) is 0.818. The summed E-state index contributed by atoms with van der Waals surface area (Å²) in [4.78, 5) is 15.2. The molecule has 2 heterocycles. The number of para-hydroxylation sites is 1. The molecule has 0 radical (unpaired) electrons. The summed E-state index contributed by atoms with van der Waals surface area (Å²) >= 11 is 1.78. The van der Waals surface area contributed by atoms with Crippen molar-refractivity contribution in [2.45, 2.75) is 31.8 Å². The molecule has 122 valence electrons. The monoisotopic (exact) mass is 330 g/mol. The fourth-order valence-corrected chi connectivity index (χ4v) is 4.38. The van der Waals surface area contributed by atoms with Crippen LogP contribution in [-0.4, -0.2) is 25.2 Å². The molecule has 1 aromatic carbocycles. The van der Waals surface area contributed by atoms with Crippen LogP contribution in [0.15, 0.2) is 47.8 Å². The number of hydrogen-bond acceptors (Lipinski definition) is 2. The van der Waals surface area contributed by atoms with Crippen molar-refractivity contribution < 1.29 is 9.69 Å². The van der Waals surface area contributed by atoms with Crippen molar-refractivity contribution in [3.8, 4) is 0 Å². The molecule has 4 nitrogen and oxygen atoms in total. The van der Waals surface area contributed by atoms with Crippen molar-refractivity contribution >= 4 is 23.1 Å². The van der Waals surface area contributed by atoms with Gasteiger partial charge in [0.25, 0.3) is 0 Å². The first-order chi connectivity index (χ1) is 11.2. The molecule has 0 unspecified atom stereocenters. The molecule has 1 aliphatic rings. The predicted octanol–water partition coefficient (Wildman–Crippen LogP) is 2.68. The average molecular weight is 330 g/mol. The number of rotatable bonds is 5. The van der Waals surface area contributed by atoms with Crippen LogP contribution in [0.1, 0.15) is 30.7 Å². The molecule has 0 saturated carbocycles. The zero-order valence-electron chi connectivity index (χ0n) is 13.4. The van der Waals surface area contributed by atoms with Gasteiger partial charge in [0.1, 0.15) is 6.04 Å². The molecule has 3 rings (SSSR count). The number of quaternary nitrogens is 1. The van der Waals surface area contributed by atoms with Gasteiger partial charge in [0.2, 0.25) is 0 Å². The number of benzene rings is 1. The number of thiophene rings is 1. The molecule has 1 fully saturated rings. The van der Waals surface area contributed by atoms with E-state index in [1.807, 2.05) is 30.3 Å². The number of amides is 2. The molecule has 1 aliphatic heterocycles. The van der Waals surface area contributed by atoms with Crippen molar-refractivity contribution in [3.05, 3.63) is 52.7 Å². The third kappa shape index (κ3) is 4.12. The van der Waals surface area contributed by atoms with Gasteiger partial charge >= 0.3 is 6.03 Å². The van der Waals surface area contributed by atoms with Crippen LogP contribution in [0.2, 0.25) is 0 Å². The molecule has 2 aromatic rings. The second-order valence-electron chi connectivity index (χ2n) is 6.11. The zero-order valence-corrected chi connectivity index (χ0v) is 14.2. The Balaban J connectivity index is 1.66. The predicted molar refractivity (Wildman–Crippen MR) is 95.0 cm³/mol. The Morgan fingerprint density at radius 3 is 2.52 bits per heavy atom. The summed E-state index contributed by atoms with van der Waals surface area (Å²) in [6.45, 7) is 4.49. The van der Waals surface area contributed by atoms with E-state index in [9.17, 15) is 4.79 Å². The Hall–Kier alpha value is -1.85. The van der Waals surface area contributed by atoms with Crippen LogP contribution in [0, 0.1) is 0 Å². The minimum absolute atomic E-state index is 0.0884. The van der Waals surface area contributed by atoms with E-state index < -0.39 is 0 Å². The summed E-state index contributed by atoms with van der Waals surface area (Å²) < 4.78 is 0. The van der Waals surface area contributed by atoms with E-state index in [1.54, 1.807) is 16.2 Å². The smallest absolute Gasteiger partial charge is 0.319 e. The van der Waals surface area contributed by atoms with Crippen LogP contribution in [0.25, 0.3) is 0 Å². The number of likely N-dealkylation sites (tertiary alicyclic amines) is 1. The van der Waals surface area contributed by atoms with Gasteiger partial charge < -0.3 is 15.5 Å². The Labute approximate surface area is 141 Å². The van der Waals surface area contributed by atoms with Crippen molar-refractivity contribution in [2.75, 3.05) is 18.4 Å². The number of carbonyl (C=O) groups excluding carboxylic acids is 1. The lowest BCUT2D eigenvalue weighted by molar-refractivity contribution is -0.920. The second kappa shape index (κ2) is 7.62. The van der Waals surface area contributed by atoms with Crippen LogP contribution in [0.5, 0.6) is 0 Å². The van der Waals surface area contributed by atoms with Crippen molar-refractivity contribution in [3.63, 3.8) is 0 Å². The van der Waals surface area contributed by atoms with Crippen LogP contribution in [-0.2, 0) is 0 Å². The number of hydrogen-bond donors (Lipinski definition) is 3. The summed E-state index contributed by atoms with van der Waals surface area (Å²) in [5.74, 6) is 0. The minimum atomic E-state index is -0.135. The maximum atomic E-state index is 12.3. The highest BCUT2D eigenvalue weighted by Gasteiger charge is 2.33. The highest BCUT2D eigenvalue weighted by atomic mass is 32.1. The van der Waals surface area contributed by atoms with E-state index in [2.05, 4.69) is 35.1 Å². The molecule has 1 saturated heterocycles. The molecule has 3 N–H and O–H groups in total. The first kappa shape index (κ1) is 16.0. The first-order valence-corrected chi connectivity index (χ1v) is 9.12. The molecule has 0 spiro atoms. The molecule has 0 bridgehead atoms. The third-order valence-corrected chi connectivity index (χ3v) is 5.38. The minimum Gasteiger partial charge on any atom is -0.329 e. The van der Waals surface area contributed by atoms with Crippen LogP contribution >= 0.6 is 11.3 Å². The quantitative estimate of drug-likeness (QED) is 0.775. The number of anilines is 1. The van der Waals surface area contributed by atoms with Gasteiger partial charge in [0, 0.05) is 18.5 Å². The largest absolute Gasteiger partial charge is 0.329 e. The topological polar surface area (TPSA) is 45.6 Å². The van der Waals surface area contributed by atoms with Gasteiger partial charge in [-0.15, -0.1) is 11.3 Å². The lowest BCUT2D eigenvalue weighted by atomic mass is 10.1. The van der Waals surface area contributed by atoms with E-state index in [0.29, 0.717) is 6.04 Å². The number of nitrogens with one attached hydrogen (secondary N) is 3. The van der Waals surface area contributed by atoms with Crippen LogP contribution in [0.3, 0.4) is 0 Å². The summed E-state index contributed by atoms with van der Waals surface area (Å²) in [7, 11) is 0. The van der Waals surface area contributed by atoms with E-state index in [-0.39, 0.29) is 12.1 Å². The van der Waals surface area contributed by atoms with E-state index in [4.69, 9.17) is 0 Å². The summed E-state index contributed by atoms with van der Waals surface area (Å²) in [6, 6.07) is 14.1. The van der Waals surface area contributed by atoms with Gasteiger partial charge in [-0.25, -0.2) is 4.79 Å². The Morgan fingerprint density at radius 2 is 1.87 bits per heavy atom. The van der Waals surface area contributed by atoms with Gasteiger partial charge in [0.05, 0.1) is 24.0 Å². The van der Waals surface area contributed by atoms with Crippen LogP contribution in [0.4, 0.5) is 10.5 Å². The molecular weight excluding hydrogens is 306 g/mol. The SMILES string of the molecule is C[C@H](NC(=O)Nc1ccccc1)[C@@H](c1cccs1)[NH+]1CCCC1. The van der Waals surface area contributed by atoms with Gasteiger partial charge in [-0.1, -0.05) is 24.3 Å². The highest BCUT2D eigenvalue weighted by Crippen LogP contribution is 2.21. The molecule has 23 heavy (non-hydrogen) atoms. The molecule has 1 aromatic heterocycles. The van der Waals surface area contributed by atoms with E-state index in [0.717, 1.165) is 5.69 Å². The summed E-state index contributed by atoms with van der Waals surface area (Å²) in [5, 5.41) is 8.16. The van der Waals surface area contributed by atoms with Crippen LogP contribution < -0.4 is 15.5 Å². The number of urea groups is 1. The lowest BCUT2D eigenvalue weighted by Gasteiger charge is -2.29. The summed E-state index contributed by atoms with van der Waals surface area (Å²) in [6.07, 6.45) is 2.56. The number of carbonyl (C=O) groups is 1. The normalized spacial score (nSPS) is 17.6. The standard InChI is InChI=1S/C18H23N3OS/c1-14(19-18(22)20-15-8-3-2-4-9-15)17(16-10-7-13-23-16)21-11-5-6-12-21/h2-4,7-10,13-14,17H,5-6,11-12H2,1H3,(H2,19,20,22)/p+1/t14-,17-/m0/s1. The lowest BCUT2D eigenvalue weighted by Crippen LogP contribution is -3.11. The Morgan fingerprint density at radius 1 is 1.13 bits per heavy atom. The molecule has 2 atom stereocenters. The zero-order chi connectivity index (χ0) is 16.1. The highest BCUT2D eigenvalue weighted by molar-refractivity contribution is 7.10. The van der Waals surface area contributed by atoms with E-state index >= 15 is 0 Å². The van der Waals surface area contributed by atoms with Gasteiger partial charge in [0.15, 0.2) is 0 Å². The van der Waals surface area contributed by atoms with Crippen molar-refractivity contribution in [2.24, 2.45) is 0 Å². The maximum Gasteiger partial charge on any atom is 0.319 e. The van der Waals surface area contributed by atoms with E-state index in [1.165, 1.54) is 30.8 Å². The molecular formula is C18H24N3OS+. The molecule has 0 aliphatic carbocycles. The van der Waals surface area contributed by atoms with Gasteiger partial charge in [-0.3, -0.25) is 0 Å². The second-order valence-corrected chi connectivity index (χ2v) is 7.09. The molecule has 5 heteroatoms. The first-order valence-electron chi connectivity index (χ1n) is 8.24. The van der Waals surface area contributed by atoms with Crippen molar-refractivity contribution in [1.29, 1.82) is 0 Å².